The summed E-state index contributed by atoms with van der Waals surface area (Å²) in [5.74, 6) is -12.4. The summed E-state index contributed by atoms with van der Waals surface area (Å²) in [6, 6.07) is 5.43. The molecule has 1 aromatic heterocycles. The van der Waals surface area contributed by atoms with Crippen molar-refractivity contribution in [2.45, 2.75) is 20.3 Å². The highest BCUT2D eigenvalue weighted by Crippen LogP contribution is 2.25. The molecule has 0 saturated heterocycles. The standard InChI is InChI=1S/C22H15F6N3O/c1-10(2)7-14-22(29-9-15(30-14)11-3-5-12(23)6-4-11)31-16(32)8-13-17(24)19(26)21(28)20(27)18(13)25/h3-7,9H,8H2,1-2H3,(H,29,31,32). The number of halogens is 6. The lowest BCUT2D eigenvalue weighted by Crippen LogP contribution is -2.20. The quantitative estimate of drug-likeness (QED) is 0.313. The Labute approximate surface area is 178 Å². The maximum Gasteiger partial charge on any atom is 0.230 e. The molecule has 0 atom stereocenters. The molecule has 3 rings (SSSR count). The van der Waals surface area contributed by atoms with Crippen LogP contribution in [-0.4, -0.2) is 15.9 Å². The van der Waals surface area contributed by atoms with Crippen LogP contribution in [0, 0.1) is 34.9 Å². The lowest BCUT2D eigenvalue weighted by molar-refractivity contribution is -0.115. The van der Waals surface area contributed by atoms with Crippen molar-refractivity contribution in [2.24, 2.45) is 0 Å². The van der Waals surface area contributed by atoms with E-state index in [9.17, 15) is 31.1 Å². The van der Waals surface area contributed by atoms with Crippen LogP contribution < -0.4 is 5.32 Å². The molecule has 0 aliphatic rings. The van der Waals surface area contributed by atoms with E-state index in [0.29, 0.717) is 11.3 Å². The second-order valence-electron chi connectivity index (χ2n) is 6.99. The monoisotopic (exact) mass is 451 g/mol. The van der Waals surface area contributed by atoms with Gasteiger partial charge in [0.15, 0.2) is 29.1 Å². The van der Waals surface area contributed by atoms with E-state index < -0.39 is 52.8 Å². The normalized spacial score (nSPS) is 10.8. The second-order valence-corrected chi connectivity index (χ2v) is 6.99. The summed E-state index contributed by atoms with van der Waals surface area (Å²) >= 11 is 0. The van der Waals surface area contributed by atoms with Gasteiger partial charge < -0.3 is 5.32 Å². The average Bonchev–Trinajstić information content (AvgIpc) is 2.75. The number of rotatable bonds is 5. The molecule has 32 heavy (non-hydrogen) atoms. The number of hydrogen-bond donors (Lipinski definition) is 1. The molecule has 1 amide bonds. The number of amides is 1. The Hall–Kier alpha value is -3.69. The zero-order valence-electron chi connectivity index (χ0n) is 16.7. The fourth-order valence-corrected chi connectivity index (χ4v) is 2.78. The van der Waals surface area contributed by atoms with Crippen molar-refractivity contribution in [1.29, 1.82) is 0 Å². The predicted molar refractivity (Wildman–Crippen MR) is 105 cm³/mol. The number of nitrogens with zero attached hydrogens (tertiary/aromatic N) is 2. The lowest BCUT2D eigenvalue weighted by Gasteiger charge is -2.11. The van der Waals surface area contributed by atoms with Gasteiger partial charge >= 0.3 is 0 Å². The molecular formula is C22H15F6N3O. The Bertz CT molecular complexity index is 1190. The predicted octanol–water partition coefficient (Wildman–Crippen LogP) is 5.58. The van der Waals surface area contributed by atoms with Gasteiger partial charge in [0.25, 0.3) is 0 Å². The Morgan fingerprint density at radius 3 is 2.03 bits per heavy atom. The van der Waals surface area contributed by atoms with Gasteiger partial charge in [-0.1, -0.05) is 5.57 Å². The van der Waals surface area contributed by atoms with Crippen molar-refractivity contribution in [3.63, 3.8) is 0 Å². The summed E-state index contributed by atoms with van der Waals surface area (Å²) < 4.78 is 80.8. The molecule has 0 saturated carbocycles. The van der Waals surface area contributed by atoms with Gasteiger partial charge in [0, 0.05) is 11.1 Å². The fraction of sp³-hybridized carbons (Fsp3) is 0.136. The van der Waals surface area contributed by atoms with Gasteiger partial charge in [-0.05, 0) is 44.2 Å². The fourth-order valence-electron chi connectivity index (χ4n) is 2.78. The zero-order chi connectivity index (χ0) is 23.6. The highest BCUT2D eigenvalue weighted by atomic mass is 19.2. The highest BCUT2D eigenvalue weighted by Gasteiger charge is 2.27. The van der Waals surface area contributed by atoms with Gasteiger partial charge in [0.2, 0.25) is 11.7 Å². The summed E-state index contributed by atoms with van der Waals surface area (Å²) in [6.07, 6.45) is 1.72. The van der Waals surface area contributed by atoms with Gasteiger partial charge in [-0.25, -0.2) is 36.3 Å². The Morgan fingerprint density at radius 1 is 0.906 bits per heavy atom. The Morgan fingerprint density at radius 2 is 1.47 bits per heavy atom. The van der Waals surface area contributed by atoms with Gasteiger partial charge in [-0.15, -0.1) is 0 Å². The van der Waals surface area contributed by atoms with Crippen molar-refractivity contribution in [3.05, 3.63) is 82.2 Å². The van der Waals surface area contributed by atoms with Crippen molar-refractivity contribution in [1.82, 2.24) is 9.97 Å². The first-order valence-electron chi connectivity index (χ1n) is 9.16. The van der Waals surface area contributed by atoms with Crippen LogP contribution in [-0.2, 0) is 11.2 Å². The van der Waals surface area contributed by atoms with Crippen LogP contribution in [0.3, 0.4) is 0 Å². The topological polar surface area (TPSA) is 54.9 Å². The number of carbonyl (C=O) groups excluding carboxylic acids is 1. The third-order valence-electron chi connectivity index (χ3n) is 4.26. The summed E-state index contributed by atoms with van der Waals surface area (Å²) in [6.45, 7) is 3.49. The first kappa shape index (κ1) is 23.0. The van der Waals surface area contributed by atoms with Crippen molar-refractivity contribution >= 4 is 17.8 Å². The van der Waals surface area contributed by atoms with E-state index in [-0.39, 0.29) is 11.5 Å². The summed E-state index contributed by atoms with van der Waals surface area (Å²) in [5.41, 5.74) is 0.582. The summed E-state index contributed by atoms with van der Waals surface area (Å²) in [5, 5.41) is 2.27. The number of aromatic nitrogens is 2. The SMILES string of the molecule is CC(C)=Cc1nc(-c2ccc(F)cc2)cnc1NC(=O)Cc1c(F)c(F)c(F)c(F)c1F. The van der Waals surface area contributed by atoms with Crippen molar-refractivity contribution in [3.8, 4) is 11.3 Å². The molecule has 10 heteroatoms. The van der Waals surface area contributed by atoms with Gasteiger partial charge in [0.1, 0.15) is 11.5 Å². The van der Waals surface area contributed by atoms with Crippen LogP contribution in [0.15, 0.2) is 36.0 Å². The van der Waals surface area contributed by atoms with E-state index in [1.54, 1.807) is 19.9 Å². The molecule has 0 unspecified atom stereocenters. The molecule has 0 fully saturated rings. The molecule has 4 nitrogen and oxygen atoms in total. The van der Waals surface area contributed by atoms with Gasteiger partial charge in [0.05, 0.1) is 18.3 Å². The number of anilines is 1. The average molecular weight is 451 g/mol. The Balaban J connectivity index is 1.92. The molecule has 0 aliphatic carbocycles. The number of benzene rings is 2. The minimum absolute atomic E-state index is 0.0917. The second kappa shape index (κ2) is 9.21. The van der Waals surface area contributed by atoms with E-state index in [2.05, 4.69) is 15.3 Å². The highest BCUT2D eigenvalue weighted by molar-refractivity contribution is 5.93. The van der Waals surface area contributed by atoms with Crippen molar-refractivity contribution in [2.75, 3.05) is 5.32 Å². The van der Waals surface area contributed by atoms with Gasteiger partial charge in [-0.3, -0.25) is 4.79 Å². The molecule has 0 spiro atoms. The number of allylic oxidation sites excluding steroid dienone is 1. The van der Waals surface area contributed by atoms with E-state index in [1.165, 1.54) is 30.5 Å². The molecule has 2 aromatic carbocycles. The van der Waals surface area contributed by atoms with Crippen LogP contribution in [0.5, 0.6) is 0 Å². The van der Waals surface area contributed by atoms with E-state index >= 15 is 0 Å². The van der Waals surface area contributed by atoms with Gasteiger partial charge in [-0.2, -0.15) is 0 Å². The smallest absolute Gasteiger partial charge is 0.230 e. The van der Waals surface area contributed by atoms with E-state index in [1.807, 2.05) is 0 Å². The Kier molecular flexibility index (Phi) is 6.61. The zero-order valence-corrected chi connectivity index (χ0v) is 16.7. The van der Waals surface area contributed by atoms with E-state index in [4.69, 9.17) is 0 Å². The summed E-state index contributed by atoms with van der Waals surface area (Å²) in [7, 11) is 0. The van der Waals surface area contributed by atoms with E-state index in [0.717, 1.165) is 5.57 Å². The molecule has 1 heterocycles. The minimum atomic E-state index is -2.31. The molecular weight excluding hydrogens is 436 g/mol. The third-order valence-corrected chi connectivity index (χ3v) is 4.26. The molecule has 166 valence electrons. The van der Waals surface area contributed by atoms with Crippen LogP contribution >= 0.6 is 0 Å². The molecule has 0 radical (unpaired) electrons. The first-order chi connectivity index (χ1) is 15.1. The lowest BCUT2D eigenvalue weighted by atomic mass is 10.1. The van der Waals surface area contributed by atoms with Crippen LogP contribution in [0.25, 0.3) is 17.3 Å². The summed E-state index contributed by atoms with van der Waals surface area (Å²) in [4.78, 5) is 20.7. The largest absolute Gasteiger partial charge is 0.309 e. The molecule has 0 bridgehead atoms. The molecule has 3 aromatic rings. The minimum Gasteiger partial charge on any atom is -0.309 e. The molecule has 0 aliphatic heterocycles. The van der Waals surface area contributed by atoms with Crippen molar-refractivity contribution < 1.29 is 31.1 Å². The first-order valence-corrected chi connectivity index (χ1v) is 9.16. The number of nitrogens with one attached hydrogen (secondary N) is 1. The van der Waals surface area contributed by atoms with Crippen LogP contribution in [0.1, 0.15) is 25.1 Å². The third kappa shape index (κ3) is 4.79. The van der Waals surface area contributed by atoms with Crippen LogP contribution in [0.4, 0.5) is 32.2 Å². The maximum atomic E-state index is 13.9. The molecule has 1 N–H and O–H groups in total. The maximum absolute atomic E-state index is 13.9. The van der Waals surface area contributed by atoms with Crippen LogP contribution in [0.2, 0.25) is 0 Å². The number of hydrogen-bond acceptors (Lipinski definition) is 3. The number of carbonyl (C=O) groups is 1.